The van der Waals surface area contributed by atoms with Crippen LogP contribution in [-0.4, -0.2) is 36.7 Å². The van der Waals surface area contributed by atoms with E-state index < -0.39 is 25.2 Å². The predicted octanol–water partition coefficient (Wildman–Crippen LogP) is 3.11. The number of carbonyl (C=O) groups excluding carboxylic acids is 1. The lowest BCUT2D eigenvalue weighted by atomic mass is 10.2. The van der Waals surface area contributed by atoms with Crippen LogP contribution in [0.25, 0.3) is 0 Å². The van der Waals surface area contributed by atoms with Crippen molar-refractivity contribution in [3.05, 3.63) is 30.3 Å². The summed E-state index contributed by atoms with van der Waals surface area (Å²) in [5, 5.41) is 0. The van der Waals surface area contributed by atoms with Crippen molar-refractivity contribution in [3.8, 4) is 5.75 Å². The Morgan fingerprint density at radius 1 is 1.25 bits per heavy atom. The number of hydrogen-bond acceptors (Lipinski definition) is 2. The zero-order valence-electron chi connectivity index (χ0n) is 11.5. The summed E-state index contributed by atoms with van der Waals surface area (Å²) in [5.41, 5.74) is 0. The molecule has 0 N–H and O–H groups in total. The van der Waals surface area contributed by atoms with Crippen molar-refractivity contribution in [2.75, 3.05) is 19.7 Å². The van der Waals surface area contributed by atoms with E-state index in [0.29, 0.717) is 5.75 Å². The topological polar surface area (TPSA) is 29.5 Å². The molecule has 1 aromatic carbocycles. The molecule has 0 saturated heterocycles. The predicted molar refractivity (Wildman–Crippen MR) is 69.4 cm³/mol. The quantitative estimate of drug-likeness (QED) is 0.805. The molecule has 20 heavy (non-hydrogen) atoms. The van der Waals surface area contributed by atoms with Crippen LogP contribution in [0.5, 0.6) is 5.75 Å². The summed E-state index contributed by atoms with van der Waals surface area (Å²) in [4.78, 5) is 12.6. The maximum absolute atomic E-state index is 12.4. The number of ether oxygens (including phenoxy) is 1. The monoisotopic (exact) mass is 289 g/mol. The highest BCUT2D eigenvalue weighted by Gasteiger charge is 2.33. The van der Waals surface area contributed by atoms with Crippen molar-refractivity contribution in [2.24, 2.45) is 5.92 Å². The number of halogens is 3. The van der Waals surface area contributed by atoms with E-state index in [1.54, 1.807) is 44.2 Å². The Kier molecular flexibility index (Phi) is 5.85. The molecule has 3 nitrogen and oxygen atoms in total. The molecule has 0 aliphatic rings. The van der Waals surface area contributed by atoms with E-state index in [9.17, 15) is 18.0 Å². The highest BCUT2D eigenvalue weighted by atomic mass is 19.4. The standard InChI is InChI=1S/C14H18F3NO2/c1-11(2)8-18(10-14(15,16)17)13(19)9-20-12-6-4-3-5-7-12/h3-7,11H,8-10H2,1-2H3. The summed E-state index contributed by atoms with van der Waals surface area (Å²) in [6, 6.07) is 8.51. The van der Waals surface area contributed by atoms with Gasteiger partial charge in [-0.3, -0.25) is 4.79 Å². The number of carbonyl (C=O) groups is 1. The molecule has 1 aromatic rings. The van der Waals surface area contributed by atoms with E-state index in [0.717, 1.165) is 4.90 Å². The Labute approximate surface area is 116 Å². The van der Waals surface area contributed by atoms with E-state index in [1.807, 2.05) is 0 Å². The van der Waals surface area contributed by atoms with Gasteiger partial charge < -0.3 is 9.64 Å². The molecule has 112 valence electrons. The fourth-order valence-electron chi connectivity index (χ4n) is 1.66. The number of para-hydroxylation sites is 1. The third kappa shape index (κ3) is 6.45. The van der Waals surface area contributed by atoms with E-state index in [2.05, 4.69) is 0 Å². The first-order valence-electron chi connectivity index (χ1n) is 6.30. The maximum atomic E-state index is 12.4. The van der Waals surface area contributed by atoms with E-state index in [-0.39, 0.29) is 12.5 Å². The average Bonchev–Trinajstić information content (AvgIpc) is 2.34. The van der Waals surface area contributed by atoms with Gasteiger partial charge in [-0.25, -0.2) is 0 Å². The molecule has 0 unspecified atom stereocenters. The fraction of sp³-hybridized carbons (Fsp3) is 0.500. The molecular formula is C14H18F3NO2. The van der Waals surface area contributed by atoms with Gasteiger partial charge in [-0.2, -0.15) is 13.2 Å². The molecule has 0 fully saturated rings. The van der Waals surface area contributed by atoms with Gasteiger partial charge in [0.15, 0.2) is 6.61 Å². The number of hydrogen-bond donors (Lipinski definition) is 0. The molecule has 0 bridgehead atoms. The van der Waals surface area contributed by atoms with Crippen LogP contribution < -0.4 is 4.74 Å². The van der Waals surface area contributed by atoms with Gasteiger partial charge in [0.1, 0.15) is 12.3 Å². The van der Waals surface area contributed by atoms with Crippen molar-refractivity contribution in [2.45, 2.75) is 20.0 Å². The number of alkyl halides is 3. The molecule has 6 heteroatoms. The molecule has 0 saturated carbocycles. The minimum atomic E-state index is -4.41. The summed E-state index contributed by atoms with van der Waals surface area (Å²) in [6.45, 7) is 1.93. The second kappa shape index (κ2) is 7.17. The first kappa shape index (κ1) is 16.3. The number of amides is 1. The van der Waals surface area contributed by atoms with Crippen molar-refractivity contribution >= 4 is 5.91 Å². The van der Waals surface area contributed by atoms with Crippen molar-refractivity contribution in [1.82, 2.24) is 4.90 Å². The van der Waals surface area contributed by atoms with Gasteiger partial charge in [-0.1, -0.05) is 32.0 Å². The van der Waals surface area contributed by atoms with E-state index >= 15 is 0 Å². The first-order valence-corrected chi connectivity index (χ1v) is 6.30. The van der Waals surface area contributed by atoms with Crippen molar-refractivity contribution < 1.29 is 22.7 Å². The first-order chi connectivity index (χ1) is 9.28. The third-order valence-corrected chi connectivity index (χ3v) is 2.41. The maximum Gasteiger partial charge on any atom is 0.406 e. The molecule has 0 aliphatic heterocycles. The van der Waals surface area contributed by atoms with Crippen LogP contribution in [0, 0.1) is 5.92 Å². The van der Waals surface area contributed by atoms with Gasteiger partial charge in [-0.05, 0) is 18.1 Å². The molecule has 0 heterocycles. The molecule has 0 spiro atoms. The minimum Gasteiger partial charge on any atom is -0.484 e. The molecule has 0 aliphatic carbocycles. The molecular weight excluding hydrogens is 271 g/mol. The second-order valence-electron chi connectivity index (χ2n) is 4.89. The van der Waals surface area contributed by atoms with Crippen LogP contribution in [0.1, 0.15) is 13.8 Å². The summed E-state index contributed by atoms with van der Waals surface area (Å²) >= 11 is 0. The summed E-state index contributed by atoms with van der Waals surface area (Å²) in [5.74, 6) is -0.254. The van der Waals surface area contributed by atoms with Gasteiger partial charge >= 0.3 is 6.18 Å². The van der Waals surface area contributed by atoms with Gasteiger partial charge in [0.25, 0.3) is 5.91 Å². The van der Waals surface area contributed by atoms with Crippen molar-refractivity contribution in [3.63, 3.8) is 0 Å². The number of benzene rings is 1. The highest BCUT2D eigenvalue weighted by Crippen LogP contribution is 2.18. The minimum absolute atomic E-state index is 0.0435. The second-order valence-corrected chi connectivity index (χ2v) is 4.89. The smallest absolute Gasteiger partial charge is 0.406 e. The molecule has 0 atom stereocenters. The fourth-order valence-corrected chi connectivity index (χ4v) is 1.66. The highest BCUT2D eigenvalue weighted by molar-refractivity contribution is 5.77. The SMILES string of the molecule is CC(C)CN(CC(F)(F)F)C(=O)COc1ccccc1. The Morgan fingerprint density at radius 2 is 1.85 bits per heavy atom. The van der Waals surface area contributed by atoms with Crippen LogP contribution >= 0.6 is 0 Å². The Hall–Kier alpha value is -1.72. The molecule has 1 amide bonds. The van der Waals surface area contributed by atoms with Gasteiger partial charge in [-0.15, -0.1) is 0 Å². The van der Waals surface area contributed by atoms with Gasteiger partial charge in [0.05, 0.1) is 0 Å². The zero-order chi connectivity index (χ0) is 15.2. The van der Waals surface area contributed by atoms with E-state index in [4.69, 9.17) is 4.74 Å². The summed E-state index contributed by atoms with van der Waals surface area (Å²) < 4.78 is 42.5. The summed E-state index contributed by atoms with van der Waals surface area (Å²) in [7, 11) is 0. The number of rotatable bonds is 6. The molecule has 0 radical (unpaired) electrons. The lowest BCUT2D eigenvalue weighted by Crippen LogP contribution is -2.43. The normalized spacial score (nSPS) is 11.5. The lowest BCUT2D eigenvalue weighted by Gasteiger charge is -2.25. The molecule has 0 aromatic heterocycles. The van der Waals surface area contributed by atoms with Crippen LogP contribution in [0.4, 0.5) is 13.2 Å². The lowest BCUT2D eigenvalue weighted by molar-refractivity contribution is -0.163. The van der Waals surface area contributed by atoms with Gasteiger partial charge in [0, 0.05) is 6.54 Å². The summed E-state index contributed by atoms with van der Waals surface area (Å²) in [6.07, 6.45) is -4.41. The zero-order valence-corrected chi connectivity index (χ0v) is 11.5. The van der Waals surface area contributed by atoms with Crippen LogP contribution in [0.15, 0.2) is 30.3 Å². The van der Waals surface area contributed by atoms with Crippen LogP contribution in [-0.2, 0) is 4.79 Å². The van der Waals surface area contributed by atoms with E-state index in [1.165, 1.54) is 0 Å². The Balaban J connectivity index is 2.58. The van der Waals surface area contributed by atoms with Crippen LogP contribution in [0.3, 0.4) is 0 Å². The van der Waals surface area contributed by atoms with Crippen LogP contribution in [0.2, 0.25) is 0 Å². The molecule has 1 rings (SSSR count). The average molecular weight is 289 g/mol. The van der Waals surface area contributed by atoms with Gasteiger partial charge in [0.2, 0.25) is 0 Å². The Morgan fingerprint density at radius 3 is 2.35 bits per heavy atom. The number of nitrogens with zero attached hydrogens (tertiary/aromatic N) is 1. The Bertz CT molecular complexity index is 418. The largest absolute Gasteiger partial charge is 0.484 e. The third-order valence-electron chi connectivity index (χ3n) is 2.41. The van der Waals surface area contributed by atoms with Crippen molar-refractivity contribution in [1.29, 1.82) is 0 Å².